The lowest BCUT2D eigenvalue weighted by atomic mass is 9.96. The number of benzene rings is 2. The van der Waals surface area contributed by atoms with Gasteiger partial charge in [0.1, 0.15) is 5.82 Å². The molecule has 2 heterocycles. The van der Waals surface area contributed by atoms with Gasteiger partial charge in [-0.25, -0.2) is 4.98 Å². The molecular weight excluding hydrogens is 488 g/mol. The molecule has 0 aliphatic carbocycles. The Bertz CT molecular complexity index is 1070. The van der Waals surface area contributed by atoms with Crippen molar-refractivity contribution in [3.63, 3.8) is 0 Å². The number of fused-ring (bicyclic) bond motifs is 1. The number of nitrogens with zero attached hydrogens (tertiary/aromatic N) is 4. The summed E-state index contributed by atoms with van der Waals surface area (Å²) in [5.41, 5.74) is 3.24. The highest BCUT2D eigenvalue weighted by Crippen LogP contribution is 2.26. The minimum absolute atomic E-state index is 0.0907. The van der Waals surface area contributed by atoms with Gasteiger partial charge in [0.15, 0.2) is 0 Å². The van der Waals surface area contributed by atoms with Crippen LogP contribution in [0.1, 0.15) is 58.2 Å². The predicted molar refractivity (Wildman–Crippen MR) is 143 cm³/mol. The summed E-state index contributed by atoms with van der Waals surface area (Å²) < 4.78 is 3.33. The highest BCUT2D eigenvalue weighted by atomic mass is 79.9. The lowest BCUT2D eigenvalue weighted by Gasteiger charge is -2.35. The summed E-state index contributed by atoms with van der Waals surface area (Å²) in [6.45, 7) is 8.76. The number of hydrogen-bond acceptors (Lipinski definition) is 3. The van der Waals surface area contributed by atoms with E-state index in [9.17, 15) is 4.79 Å². The Kier molecular flexibility index (Phi) is 8.79. The molecule has 1 amide bonds. The highest BCUT2D eigenvalue weighted by Gasteiger charge is 2.30. The lowest BCUT2D eigenvalue weighted by Crippen LogP contribution is -2.45. The minimum atomic E-state index is 0.0907. The average molecular weight is 526 g/mol. The van der Waals surface area contributed by atoms with Crippen molar-refractivity contribution in [1.82, 2.24) is 19.4 Å². The van der Waals surface area contributed by atoms with Crippen LogP contribution in [0.3, 0.4) is 0 Å². The second-order valence-corrected chi connectivity index (χ2v) is 10.4. The number of aromatic nitrogens is 2. The van der Waals surface area contributed by atoms with Crippen molar-refractivity contribution in [1.29, 1.82) is 0 Å². The largest absolute Gasteiger partial charge is 0.342 e. The molecule has 2 aromatic carbocycles. The molecule has 0 unspecified atom stereocenters. The molecule has 1 fully saturated rings. The van der Waals surface area contributed by atoms with Gasteiger partial charge in [-0.1, -0.05) is 54.8 Å². The van der Waals surface area contributed by atoms with Crippen molar-refractivity contribution < 1.29 is 4.79 Å². The van der Waals surface area contributed by atoms with E-state index in [4.69, 9.17) is 4.98 Å². The van der Waals surface area contributed by atoms with Crippen LogP contribution in [0.5, 0.6) is 0 Å². The minimum Gasteiger partial charge on any atom is -0.342 e. The van der Waals surface area contributed by atoms with E-state index in [1.54, 1.807) is 0 Å². The average Bonchev–Trinajstić information content (AvgIpc) is 3.22. The van der Waals surface area contributed by atoms with E-state index in [-0.39, 0.29) is 5.92 Å². The Balaban J connectivity index is 1.53. The van der Waals surface area contributed by atoms with Gasteiger partial charge in [0.2, 0.25) is 5.91 Å². The molecule has 0 N–H and O–H groups in total. The lowest BCUT2D eigenvalue weighted by molar-refractivity contribution is -0.137. The number of rotatable bonds is 10. The zero-order valence-corrected chi connectivity index (χ0v) is 22.1. The Labute approximate surface area is 212 Å². The molecule has 0 radical (unpaired) electrons. The maximum Gasteiger partial charge on any atom is 0.226 e. The summed E-state index contributed by atoms with van der Waals surface area (Å²) in [7, 11) is 0. The fourth-order valence-corrected chi connectivity index (χ4v) is 5.21. The predicted octanol–water partition coefficient (Wildman–Crippen LogP) is 6.43. The normalized spacial score (nSPS) is 16.7. The number of halogens is 1. The molecule has 5 nitrogen and oxygen atoms in total. The molecule has 1 aliphatic heterocycles. The summed E-state index contributed by atoms with van der Waals surface area (Å²) in [5, 5.41) is 0. The molecule has 34 heavy (non-hydrogen) atoms. The van der Waals surface area contributed by atoms with E-state index in [1.165, 1.54) is 0 Å². The molecule has 1 aromatic heterocycles. The summed E-state index contributed by atoms with van der Waals surface area (Å²) >= 11 is 3.55. The van der Waals surface area contributed by atoms with E-state index in [0.717, 1.165) is 98.3 Å². The van der Waals surface area contributed by atoms with Crippen LogP contribution < -0.4 is 0 Å². The van der Waals surface area contributed by atoms with Gasteiger partial charge in [0.05, 0.1) is 23.5 Å². The van der Waals surface area contributed by atoms with Gasteiger partial charge in [0, 0.05) is 29.8 Å². The Hall–Kier alpha value is -2.18. The number of amides is 1. The van der Waals surface area contributed by atoms with Crippen molar-refractivity contribution in [3.8, 4) is 5.69 Å². The van der Waals surface area contributed by atoms with Crippen molar-refractivity contribution in [2.45, 2.75) is 58.9 Å². The smallest absolute Gasteiger partial charge is 0.226 e. The first-order chi connectivity index (χ1) is 16.6. The number of hydrogen-bond donors (Lipinski definition) is 0. The molecule has 1 atom stereocenters. The maximum atomic E-state index is 13.4. The number of para-hydroxylation sites is 2. The molecule has 4 rings (SSSR count). The van der Waals surface area contributed by atoms with Gasteiger partial charge in [0.25, 0.3) is 0 Å². The second kappa shape index (κ2) is 12.0. The van der Waals surface area contributed by atoms with Crippen LogP contribution in [-0.2, 0) is 11.3 Å². The van der Waals surface area contributed by atoms with E-state index in [1.807, 2.05) is 6.07 Å². The number of unbranched alkanes of at least 4 members (excludes halogenated alkanes) is 2. The molecule has 1 aliphatic rings. The third-order valence-electron chi connectivity index (χ3n) is 6.81. The topological polar surface area (TPSA) is 41.4 Å². The van der Waals surface area contributed by atoms with Gasteiger partial charge in [-0.2, -0.15) is 0 Å². The molecule has 3 aromatic rings. The maximum absolute atomic E-state index is 13.4. The fraction of sp³-hybridized carbons (Fsp3) is 0.500. The van der Waals surface area contributed by atoms with E-state index >= 15 is 0 Å². The van der Waals surface area contributed by atoms with Gasteiger partial charge >= 0.3 is 0 Å². The van der Waals surface area contributed by atoms with Crippen molar-refractivity contribution in [2.75, 3.05) is 26.2 Å². The molecule has 0 spiro atoms. The Morgan fingerprint density at radius 2 is 1.76 bits per heavy atom. The van der Waals surface area contributed by atoms with E-state index < -0.39 is 0 Å². The van der Waals surface area contributed by atoms with Crippen LogP contribution in [-0.4, -0.2) is 51.4 Å². The van der Waals surface area contributed by atoms with Crippen LogP contribution in [0.15, 0.2) is 53.0 Å². The number of carbonyl (C=O) groups excluding carboxylic acids is 1. The second-order valence-electron chi connectivity index (χ2n) is 9.44. The summed E-state index contributed by atoms with van der Waals surface area (Å²) in [6, 6.07) is 16.7. The Morgan fingerprint density at radius 1 is 1.06 bits per heavy atom. The quantitative estimate of drug-likeness (QED) is 0.306. The number of likely N-dealkylation sites (tertiary alicyclic amines) is 1. The van der Waals surface area contributed by atoms with Gasteiger partial charge < -0.3 is 4.90 Å². The van der Waals surface area contributed by atoms with Gasteiger partial charge in [-0.3, -0.25) is 14.3 Å². The summed E-state index contributed by atoms with van der Waals surface area (Å²) in [6.07, 6.45) is 6.47. The number of imidazole rings is 1. The number of piperidine rings is 1. The SMILES string of the molecule is CCCCN(CCCC)C(=O)[C@@H]1CCCN(Cc2nc3ccccc3n2-c2ccc(Br)cc2)C1. The standard InChI is InChI=1S/C28H37BrN4O/c1-3-5-18-32(19-6-4-2)28(34)22-10-9-17-31(20-22)21-27-30-25-11-7-8-12-26(25)33(27)24-15-13-23(29)14-16-24/h7-8,11-16,22H,3-6,9-10,17-21H2,1-2H3/t22-/m1/s1. The van der Waals surface area contributed by atoms with Gasteiger partial charge in [-0.05, 0) is 68.6 Å². The molecule has 0 bridgehead atoms. The third kappa shape index (κ3) is 5.89. The Morgan fingerprint density at radius 3 is 2.47 bits per heavy atom. The molecule has 0 saturated carbocycles. The molecule has 6 heteroatoms. The van der Waals surface area contributed by atoms with Crippen molar-refractivity contribution in [2.24, 2.45) is 5.92 Å². The van der Waals surface area contributed by atoms with Crippen LogP contribution in [0, 0.1) is 5.92 Å². The molecule has 182 valence electrons. The van der Waals surface area contributed by atoms with Crippen molar-refractivity contribution >= 4 is 32.9 Å². The van der Waals surface area contributed by atoms with Crippen LogP contribution in [0.4, 0.5) is 0 Å². The highest BCUT2D eigenvalue weighted by molar-refractivity contribution is 9.10. The third-order valence-corrected chi connectivity index (χ3v) is 7.34. The fourth-order valence-electron chi connectivity index (χ4n) is 4.95. The van der Waals surface area contributed by atoms with Gasteiger partial charge in [-0.15, -0.1) is 0 Å². The van der Waals surface area contributed by atoms with Crippen molar-refractivity contribution in [3.05, 3.63) is 58.8 Å². The first-order valence-corrected chi connectivity index (χ1v) is 13.6. The van der Waals surface area contributed by atoms with Crippen LogP contribution in [0.2, 0.25) is 0 Å². The first kappa shape index (κ1) is 24.9. The molecule has 1 saturated heterocycles. The number of carbonyl (C=O) groups is 1. The summed E-state index contributed by atoms with van der Waals surface area (Å²) in [4.78, 5) is 23.0. The van der Waals surface area contributed by atoms with Crippen LogP contribution >= 0.6 is 15.9 Å². The first-order valence-electron chi connectivity index (χ1n) is 12.8. The summed E-state index contributed by atoms with van der Waals surface area (Å²) in [5.74, 6) is 1.48. The zero-order chi connectivity index (χ0) is 23.9. The zero-order valence-electron chi connectivity index (χ0n) is 20.5. The van der Waals surface area contributed by atoms with E-state index in [2.05, 4.69) is 86.6 Å². The molecular formula is C28H37BrN4O. The van der Waals surface area contributed by atoms with E-state index in [0.29, 0.717) is 5.91 Å². The van der Waals surface area contributed by atoms with Crippen LogP contribution in [0.25, 0.3) is 16.7 Å². The monoisotopic (exact) mass is 524 g/mol.